The summed E-state index contributed by atoms with van der Waals surface area (Å²) in [7, 11) is 0. The van der Waals surface area contributed by atoms with Crippen LogP contribution in [-0.4, -0.2) is 29.1 Å². The van der Waals surface area contributed by atoms with Gasteiger partial charge in [-0.05, 0) is 32.6 Å². The van der Waals surface area contributed by atoms with Gasteiger partial charge in [0.2, 0.25) is 5.91 Å². The van der Waals surface area contributed by atoms with Gasteiger partial charge in [-0.15, -0.1) is 0 Å². The van der Waals surface area contributed by atoms with Crippen molar-refractivity contribution >= 4 is 5.91 Å². The lowest BCUT2D eigenvalue weighted by atomic mass is 9.95. The number of carbonyl (C=O) groups excluding carboxylic acids is 1. The highest BCUT2D eigenvalue weighted by Gasteiger charge is 2.39. The molecule has 1 saturated heterocycles. The van der Waals surface area contributed by atoms with Crippen LogP contribution in [0, 0.1) is 5.92 Å². The zero-order valence-electron chi connectivity index (χ0n) is 10.7. The lowest BCUT2D eigenvalue weighted by Gasteiger charge is -2.34. The van der Waals surface area contributed by atoms with E-state index in [-0.39, 0.29) is 12.2 Å². The molecule has 0 aromatic carbocycles. The van der Waals surface area contributed by atoms with E-state index in [2.05, 4.69) is 24.1 Å². The van der Waals surface area contributed by atoms with E-state index in [1.165, 1.54) is 32.1 Å². The normalized spacial score (nSPS) is 41.2. The lowest BCUT2D eigenvalue weighted by Crippen LogP contribution is -2.46. The smallest absolute Gasteiger partial charge is 0.240 e. The van der Waals surface area contributed by atoms with Gasteiger partial charge in [-0.2, -0.15) is 0 Å². The maximum absolute atomic E-state index is 12.1. The number of rotatable bonds is 1. The fraction of sp³-hybridized carbons (Fsp3) is 0.923. The number of nitrogens with zero attached hydrogens (tertiary/aromatic N) is 1. The van der Waals surface area contributed by atoms with Gasteiger partial charge in [0.05, 0.1) is 12.2 Å². The van der Waals surface area contributed by atoms with Crippen LogP contribution in [0.3, 0.4) is 0 Å². The Morgan fingerprint density at radius 1 is 1.12 bits per heavy atom. The minimum absolute atomic E-state index is 0.00505. The zero-order valence-corrected chi connectivity index (χ0v) is 10.7. The highest BCUT2D eigenvalue weighted by molar-refractivity contribution is 5.84. The second kappa shape index (κ2) is 4.74. The number of hydrogen-bond donors (Lipinski definition) is 1. The third-order valence-corrected chi connectivity index (χ3v) is 4.21. The second-order valence-corrected chi connectivity index (χ2v) is 5.49. The van der Waals surface area contributed by atoms with E-state index in [4.69, 9.17) is 0 Å². The molecule has 1 aliphatic heterocycles. The molecule has 16 heavy (non-hydrogen) atoms. The Morgan fingerprint density at radius 3 is 2.44 bits per heavy atom. The lowest BCUT2D eigenvalue weighted by molar-refractivity contribution is -0.133. The van der Waals surface area contributed by atoms with Crippen molar-refractivity contribution < 1.29 is 4.79 Å². The van der Waals surface area contributed by atoms with E-state index in [9.17, 15) is 4.79 Å². The number of hydrogen-bond acceptors (Lipinski definition) is 2. The first-order valence-corrected chi connectivity index (χ1v) is 6.69. The molecule has 4 unspecified atom stereocenters. The Labute approximate surface area is 98.6 Å². The summed E-state index contributed by atoms with van der Waals surface area (Å²) in [5.74, 6) is 0.951. The van der Waals surface area contributed by atoms with Crippen molar-refractivity contribution in [2.24, 2.45) is 5.92 Å². The number of carbonyl (C=O) groups is 1. The van der Waals surface area contributed by atoms with Crippen LogP contribution >= 0.6 is 0 Å². The molecular weight excluding hydrogens is 200 g/mol. The molecule has 3 nitrogen and oxygen atoms in total. The first kappa shape index (κ1) is 11.9. The number of amides is 1. The third-order valence-electron chi connectivity index (χ3n) is 4.21. The van der Waals surface area contributed by atoms with Crippen LogP contribution in [0.2, 0.25) is 0 Å². The standard InChI is InChI=1S/C13H24N2O/c1-9-7-5-4-6-8-12(9)15-11(3)14-10(2)13(15)16/h9-12,14H,4-8H2,1-3H3. The van der Waals surface area contributed by atoms with Crippen molar-refractivity contribution in [2.45, 2.75) is 71.1 Å². The molecule has 2 fully saturated rings. The molecule has 2 aliphatic rings. The Hall–Kier alpha value is -0.570. The Balaban J connectivity index is 2.12. The van der Waals surface area contributed by atoms with Crippen LogP contribution in [0.15, 0.2) is 0 Å². The average Bonchev–Trinajstić information content (AvgIpc) is 2.43. The molecule has 4 atom stereocenters. The van der Waals surface area contributed by atoms with Gasteiger partial charge in [-0.3, -0.25) is 10.1 Å². The monoisotopic (exact) mass is 224 g/mol. The number of nitrogens with one attached hydrogen (secondary N) is 1. The Kier molecular flexibility index (Phi) is 3.53. The highest BCUT2D eigenvalue weighted by atomic mass is 16.2. The van der Waals surface area contributed by atoms with E-state index in [1.807, 2.05) is 6.92 Å². The van der Waals surface area contributed by atoms with E-state index in [1.54, 1.807) is 0 Å². The SMILES string of the molecule is CC1NC(C)N(C2CCCCCC2C)C1=O. The summed E-state index contributed by atoms with van der Waals surface area (Å²) in [6.45, 7) is 6.39. The Bertz CT molecular complexity index is 267. The molecule has 3 heteroatoms. The fourth-order valence-corrected chi connectivity index (χ4v) is 3.27. The van der Waals surface area contributed by atoms with Crippen molar-refractivity contribution in [1.29, 1.82) is 0 Å². The molecule has 1 N–H and O–H groups in total. The fourth-order valence-electron chi connectivity index (χ4n) is 3.27. The molecule has 2 rings (SSSR count). The minimum Gasteiger partial charge on any atom is -0.323 e. The van der Waals surface area contributed by atoms with Crippen LogP contribution in [0.1, 0.15) is 52.9 Å². The summed E-state index contributed by atoms with van der Waals surface area (Å²) in [5.41, 5.74) is 0. The van der Waals surface area contributed by atoms with Gasteiger partial charge in [0.15, 0.2) is 0 Å². The topological polar surface area (TPSA) is 32.3 Å². The van der Waals surface area contributed by atoms with Gasteiger partial charge < -0.3 is 4.90 Å². The molecule has 1 saturated carbocycles. The van der Waals surface area contributed by atoms with Crippen LogP contribution in [0.5, 0.6) is 0 Å². The molecule has 1 amide bonds. The summed E-state index contributed by atoms with van der Waals surface area (Å²) in [4.78, 5) is 14.2. The molecule has 0 bridgehead atoms. The molecule has 0 radical (unpaired) electrons. The largest absolute Gasteiger partial charge is 0.323 e. The van der Waals surface area contributed by atoms with Crippen LogP contribution in [-0.2, 0) is 4.79 Å². The van der Waals surface area contributed by atoms with E-state index < -0.39 is 0 Å². The minimum atomic E-state index is 0.00505. The summed E-state index contributed by atoms with van der Waals surface area (Å²) < 4.78 is 0. The molecular formula is C13H24N2O. The van der Waals surface area contributed by atoms with Crippen LogP contribution in [0.25, 0.3) is 0 Å². The first-order chi connectivity index (χ1) is 7.61. The molecule has 92 valence electrons. The molecule has 1 heterocycles. The van der Waals surface area contributed by atoms with Gasteiger partial charge in [-0.1, -0.05) is 26.2 Å². The van der Waals surface area contributed by atoms with Crippen molar-refractivity contribution in [3.63, 3.8) is 0 Å². The van der Waals surface area contributed by atoms with Crippen molar-refractivity contribution in [1.82, 2.24) is 10.2 Å². The molecule has 1 aliphatic carbocycles. The van der Waals surface area contributed by atoms with Gasteiger partial charge >= 0.3 is 0 Å². The molecule has 0 aromatic rings. The maximum atomic E-state index is 12.1. The van der Waals surface area contributed by atoms with Gasteiger partial charge in [0, 0.05) is 6.04 Å². The van der Waals surface area contributed by atoms with Crippen molar-refractivity contribution in [3.05, 3.63) is 0 Å². The summed E-state index contributed by atoms with van der Waals surface area (Å²) in [5, 5.41) is 3.33. The van der Waals surface area contributed by atoms with E-state index in [0.717, 1.165) is 0 Å². The van der Waals surface area contributed by atoms with E-state index in [0.29, 0.717) is 17.9 Å². The summed E-state index contributed by atoms with van der Waals surface area (Å²) in [6.07, 6.45) is 6.62. The Morgan fingerprint density at radius 2 is 1.81 bits per heavy atom. The van der Waals surface area contributed by atoms with Crippen molar-refractivity contribution in [2.75, 3.05) is 0 Å². The average molecular weight is 224 g/mol. The van der Waals surface area contributed by atoms with Crippen LogP contribution in [0.4, 0.5) is 0 Å². The maximum Gasteiger partial charge on any atom is 0.240 e. The highest BCUT2D eigenvalue weighted by Crippen LogP contribution is 2.30. The first-order valence-electron chi connectivity index (χ1n) is 6.69. The second-order valence-electron chi connectivity index (χ2n) is 5.49. The van der Waals surface area contributed by atoms with E-state index >= 15 is 0 Å². The predicted molar refractivity (Wildman–Crippen MR) is 64.9 cm³/mol. The predicted octanol–water partition coefficient (Wildman–Crippen LogP) is 2.12. The van der Waals surface area contributed by atoms with Gasteiger partial charge in [-0.25, -0.2) is 0 Å². The van der Waals surface area contributed by atoms with Crippen LogP contribution < -0.4 is 5.32 Å². The molecule has 0 spiro atoms. The van der Waals surface area contributed by atoms with Crippen molar-refractivity contribution in [3.8, 4) is 0 Å². The molecule has 0 aromatic heterocycles. The summed E-state index contributed by atoms with van der Waals surface area (Å²) in [6, 6.07) is 0.466. The quantitative estimate of drug-likeness (QED) is 0.692. The zero-order chi connectivity index (χ0) is 11.7. The van der Waals surface area contributed by atoms with Gasteiger partial charge in [0.25, 0.3) is 0 Å². The summed E-state index contributed by atoms with van der Waals surface area (Å²) >= 11 is 0. The van der Waals surface area contributed by atoms with Gasteiger partial charge in [0.1, 0.15) is 0 Å². The third kappa shape index (κ3) is 2.10.